The summed E-state index contributed by atoms with van der Waals surface area (Å²) in [6, 6.07) is 13.7. The SMILES string of the molecule is O=C(Cc1ccc2c(c1)CCC2)Nc1c(C(=O)N2CCOCC2)oc2ccccc12. The highest BCUT2D eigenvalue weighted by Crippen LogP contribution is 2.32. The highest BCUT2D eigenvalue weighted by Gasteiger charge is 2.27. The van der Waals surface area contributed by atoms with Crippen LogP contribution in [-0.4, -0.2) is 43.0 Å². The molecule has 6 nitrogen and oxygen atoms in total. The zero-order chi connectivity index (χ0) is 20.5. The average molecular weight is 404 g/mol. The Bertz CT molecular complexity index is 1110. The van der Waals surface area contributed by atoms with Gasteiger partial charge in [-0.1, -0.05) is 30.3 Å². The Hall–Kier alpha value is -3.12. The number of nitrogens with zero attached hydrogens (tertiary/aromatic N) is 1. The number of amides is 2. The quantitative estimate of drug-likeness (QED) is 0.722. The molecule has 0 spiro atoms. The summed E-state index contributed by atoms with van der Waals surface area (Å²) in [5, 5.41) is 3.69. The molecule has 2 heterocycles. The lowest BCUT2D eigenvalue weighted by molar-refractivity contribution is -0.115. The molecule has 1 aliphatic carbocycles. The first-order chi connectivity index (χ1) is 14.7. The van der Waals surface area contributed by atoms with Crippen molar-refractivity contribution in [1.82, 2.24) is 4.90 Å². The van der Waals surface area contributed by atoms with E-state index in [2.05, 4.69) is 17.4 Å². The first kappa shape index (κ1) is 18.9. The Labute approximate surface area is 174 Å². The number of carbonyl (C=O) groups is 2. The molecular formula is C24H24N2O4. The Kier molecular flexibility index (Phi) is 5.01. The number of carbonyl (C=O) groups excluding carboxylic acids is 2. The monoisotopic (exact) mass is 404 g/mol. The van der Waals surface area contributed by atoms with E-state index in [1.165, 1.54) is 17.5 Å². The third-order valence-electron chi connectivity index (χ3n) is 5.88. The van der Waals surface area contributed by atoms with E-state index in [4.69, 9.17) is 9.15 Å². The number of nitrogens with one attached hydrogen (secondary N) is 1. The molecule has 0 unspecified atom stereocenters. The number of morpholine rings is 1. The molecule has 2 amide bonds. The number of para-hydroxylation sites is 1. The summed E-state index contributed by atoms with van der Waals surface area (Å²) >= 11 is 0. The molecule has 2 aromatic carbocycles. The summed E-state index contributed by atoms with van der Waals surface area (Å²) in [5.74, 6) is -0.196. The lowest BCUT2D eigenvalue weighted by atomic mass is 10.0. The maximum Gasteiger partial charge on any atom is 0.291 e. The van der Waals surface area contributed by atoms with Crippen LogP contribution in [-0.2, 0) is 28.8 Å². The molecule has 1 N–H and O–H groups in total. The van der Waals surface area contributed by atoms with Gasteiger partial charge in [0, 0.05) is 18.5 Å². The first-order valence-corrected chi connectivity index (χ1v) is 10.5. The molecule has 6 heteroatoms. The van der Waals surface area contributed by atoms with Crippen molar-refractivity contribution in [1.29, 1.82) is 0 Å². The number of furan rings is 1. The van der Waals surface area contributed by atoms with E-state index in [-0.39, 0.29) is 24.0 Å². The Morgan fingerprint density at radius 2 is 1.80 bits per heavy atom. The third kappa shape index (κ3) is 3.59. The second-order valence-electron chi connectivity index (χ2n) is 7.89. The van der Waals surface area contributed by atoms with Crippen molar-refractivity contribution in [3.8, 4) is 0 Å². The second-order valence-corrected chi connectivity index (χ2v) is 7.89. The summed E-state index contributed by atoms with van der Waals surface area (Å²) in [6.07, 6.45) is 3.64. The van der Waals surface area contributed by atoms with E-state index in [0.717, 1.165) is 23.8 Å². The predicted octanol–water partition coefficient (Wildman–Crippen LogP) is 3.58. The molecule has 1 fully saturated rings. The van der Waals surface area contributed by atoms with Crippen LogP contribution in [0.2, 0.25) is 0 Å². The summed E-state index contributed by atoms with van der Waals surface area (Å²) in [6.45, 7) is 2.04. The minimum Gasteiger partial charge on any atom is -0.449 e. The van der Waals surface area contributed by atoms with Gasteiger partial charge in [0.05, 0.1) is 19.6 Å². The van der Waals surface area contributed by atoms with Gasteiger partial charge in [0.25, 0.3) is 5.91 Å². The predicted molar refractivity (Wildman–Crippen MR) is 114 cm³/mol. The van der Waals surface area contributed by atoms with Gasteiger partial charge in [-0.3, -0.25) is 9.59 Å². The van der Waals surface area contributed by atoms with Gasteiger partial charge in [0.2, 0.25) is 11.7 Å². The van der Waals surface area contributed by atoms with Crippen molar-refractivity contribution in [2.75, 3.05) is 31.6 Å². The average Bonchev–Trinajstić information content (AvgIpc) is 3.38. The maximum atomic E-state index is 13.1. The number of rotatable bonds is 4. The van der Waals surface area contributed by atoms with Crippen LogP contribution in [0.4, 0.5) is 5.69 Å². The normalized spacial score (nSPS) is 15.9. The highest BCUT2D eigenvalue weighted by atomic mass is 16.5. The van der Waals surface area contributed by atoms with Crippen molar-refractivity contribution >= 4 is 28.5 Å². The minimum absolute atomic E-state index is 0.157. The standard InChI is InChI=1S/C24H24N2O4/c27-21(15-16-8-9-17-4-3-5-18(17)14-16)25-22-19-6-1-2-7-20(19)30-23(22)24(28)26-10-12-29-13-11-26/h1-2,6-9,14H,3-5,10-13,15H2,(H,25,27). The number of hydrogen-bond donors (Lipinski definition) is 1. The Balaban J connectivity index is 1.41. The van der Waals surface area contributed by atoms with E-state index in [9.17, 15) is 9.59 Å². The molecule has 0 atom stereocenters. The molecule has 1 aromatic heterocycles. The number of anilines is 1. The fourth-order valence-electron chi connectivity index (χ4n) is 4.33. The van der Waals surface area contributed by atoms with Crippen LogP contribution < -0.4 is 5.32 Å². The summed E-state index contributed by atoms with van der Waals surface area (Å²) < 4.78 is 11.2. The third-order valence-corrected chi connectivity index (χ3v) is 5.88. The fraction of sp³-hybridized carbons (Fsp3) is 0.333. The maximum absolute atomic E-state index is 13.1. The van der Waals surface area contributed by atoms with Gasteiger partial charge in [0.1, 0.15) is 11.3 Å². The fourth-order valence-corrected chi connectivity index (χ4v) is 4.33. The van der Waals surface area contributed by atoms with Crippen LogP contribution in [0.1, 0.15) is 33.7 Å². The molecule has 3 aromatic rings. The highest BCUT2D eigenvalue weighted by molar-refractivity contribution is 6.11. The zero-order valence-corrected chi connectivity index (χ0v) is 16.8. The topological polar surface area (TPSA) is 71.8 Å². The number of aryl methyl sites for hydroxylation is 2. The molecular weight excluding hydrogens is 380 g/mol. The Morgan fingerprint density at radius 1 is 1.00 bits per heavy atom. The van der Waals surface area contributed by atoms with Gasteiger partial charge in [-0.25, -0.2) is 0 Å². The van der Waals surface area contributed by atoms with Crippen molar-refractivity contribution in [3.05, 3.63) is 64.9 Å². The number of fused-ring (bicyclic) bond motifs is 2. The van der Waals surface area contributed by atoms with Gasteiger partial charge in [-0.15, -0.1) is 0 Å². The van der Waals surface area contributed by atoms with Crippen molar-refractivity contribution < 1.29 is 18.7 Å². The van der Waals surface area contributed by atoms with Crippen LogP contribution in [0.5, 0.6) is 0 Å². The van der Waals surface area contributed by atoms with Crippen LogP contribution >= 0.6 is 0 Å². The molecule has 1 saturated heterocycles. The molecule has 2 aliphatic rings. The van der Waals surface area contributed by atoms with Crippen molar-refractivity contribution in [2.45, 2.75) is 25.7 Å². The molecule has 0 bridgehead atoms. The summed E-state index contributed by atoms with van der Waals surface area (Å²) in [4.78, 5) is 27.7. The molecule has 154 valence electrons. The van der Waals surface area contributed by atoms with Gasteiger partial charge < -0.3 is 19.4 Å². The molecule has 0 radical (unpaired) electrons. The molecule has 0 saturated carbocycles. The number of ether oxygens (including phenoxy) is 1. The van der Waals surface area contributed by atoms with Gasteiger partial charge in [-0.05, 0) is 48.1 Å². The lowest BCUT2D eigenvalue weighted by Crippen LogP contribution is -2.40. The summed E-state index contributed by atoms with van der Waals surface area (Å²) in [5.41, 5.74) is 4.76. The number of hydrogen-bond acceptors (Lipinski definition) is 4. The van der Waals surface area contributed by atoms with E-state index in [1.54, 1.807) is 4.90 Å². The van der Waals surface area contributed by atoms with Gasteiger partial charge in [0.15, 0.2) is 0 Å². The number of benzene rings is 2. The van der Waals surface area contributed by atoms with Gasteiger partial charge >= 0.3 is 0 Å². The van der Waals surface area contributed by atoms with Crippen LogP contribution in [0, 0.1) is 0 Å². The van der Waals surface area contributed by atoms with E-state index in [0.29, 0.717) is 37.6 Å². The van der Waals surface area contributed by atoms with Gasteiger partial charge in [-0.2, -0.15) is 0 Å². The Morgan fingerprint density at radius 3 is 2.67 bits per heavy atom. The molecule has 5 rings (SSSR count). The minimum atomic E-state index is -0.220. The van der Waals surface area contributed by atoms with Crippen molar-refractivity contribution in [2.24, 2.45) is 0 Å². The largest absolute Gasteiger partial charge is 0.449 e. The molecule has 1 aliphatic heterocycles. The van der Waals surface area contributed by atoms with Crippen LogP contribution in [0.25, 0.3) is 11.0 Å². The zero-order valence-electron chi connectivity index (χ0n) is 16.8. The van der Waals surface area contributed by atoms with Crippen LogP contribution in [0.15, 0.2) is 46.9 Å². The first-order valence-electron chi connectivity index (χ1n) is 10.5. The van der Waals surface area contributed by atoms with E-state index < -0.39 is 0 Å². The smallest absolute Gasteiger partial charge is 0.291 e. The summed E-state index contributed by atoms with van der Waals surface area (Å²) in [7, 11) is 0. The lowest BCUT2D eigenvalue weighted by Gasteiger charge is -2.26. The molecule has 30 heavy (non-hydrogen) atoms. The van der Waals surface area contributed by atoms with Crippen LogP contribution in [0.3, 0.4) is 0 Å². The van der Waals surface area contributed by atoms with E-state index >= 15 is 0 Å². The second kappa shape index (κ2) is 7.95. The van der Waals surface area contributed by atoms with E-state index in [1.807, 2.05) is 30.3 Å². The van der Waals surface area contributed by atoms with Crippen molar-refractivity contribution in [3.63, 3.8) is 0 Å².